The van der Waals surface area contributed by atoms with Gasteiger partial charge in [0.2, 0.25) is 0 Å². The molecule has 1 unspecified atom stereocenters. The molecule has 1 heterocycles. The van der Waals surface area contributed by atoms with Crippen LogP contribution in [0.2, 0.25) is 0 Å². The summed E-state index contributed by atoms with van der Waals surface area (Å²) in [5.41, 5.74) is 0.595. The quantitative estimate of drug-likeness (QED) is 0.668. The molecule has 2 fully saturated rings. The lowest BCUT2D eigenvalue weighted by atomic mass is 10.1. The van der Waals surface area contributed by atoms with Crippen LogP contribution < -0.4 is 5.32 Å². The SMILES string of the molecule is CNC1(CC2CCS2)CC1. The molecule has 1 atom stereocenters. The topological polar surface area (TPSA) is 12.0 Å². The maximum absolute atomic E-state index is 3.44. The monoisotopic (exact) mass is 157 g/mol. The Kier molecular flexibility index (Phi) is 1.69. The van der Waals surface area contributed by atoms with Gasteiger partial charge in [0, 0.05) is 10.8 Å². The molecule has 58 valence electrons. The summed E-state index contributed by atoms with van der Waals surface area (Å²) in [4.78, 5) is 0. The lowest BCUT2D eigenvalue weighted by molar-refractivity contribution is 0.487. The fraction of sp³-hybridized carbons (Fsp3) is 1.00. The van der Waals surface area contributed by atoms with Crippen LogP contribution in [0.4, 0.5) is 0 Å². The highest BCUT2D eigenvalue weighted by atomic mass is 32.2. The highest BCUT2D eigenvalue weighted by Crippen LogP contribution is 2.45. The molecular weight excluding hydrogens is 142 g/mol. The summed E-state index contributed by atoms with van der Waals surface area (Å²) in [5.74, 6) is 1.41. The zero-order valence-electron chi connectivity index (χ0n) is 6.52. The van der Waals surface area contributed by atoms with Crippen molar-refractivity contribution in [2.75, 3.05) is 12.8 Å². The Morgan fingerprint density at radius 1 is 1.60 bits per heavy atom. The van der Waals surface area contributed by atoms with Crippen molar-refractivity contribution in [1.82, 2.24) is 5.32 Å². The van der Waals surface area contributed by atoms with Gasteiger partial charge in [-0.05, 0) is 38.5 Å². The van der Waals surface area contributed by atoms with Gasteiger partial charge in [-0.3, -0.25) is 0 Å². The van der Waals surface area contributed by atoms with E-state index in [-0.39, 0.29) is 0 Å². The summed E-state index contributed by atoms with van der Waals surface area (Å²) >= 11 is 2.15. The Hall–Kier alpha value is 0.310. The first kappa shape index (κ1) is 6.99. The van der Waals surface area contributed by atoms with E-state index >= 15 is 0 Å². The van der Waals surface area contributed by atoms with Crippen LogP contribution in [0.5, 0.6) is 0 Å². The molecule has 0 aromatic rings. The molecule has 1 aliphatic heterocycles. The molecule has 1 saturated carbocycles. The minimum atomic E-state index is 0.595. The Bertz CT molecular complexity index is 127. The largest absolute Gasteiger partial charge is 0.314 e. The first-order valence-corrected chi connectivity index (χ1v) is 5.20. The van der Waals surface area contributed by atoms with E-state index < -0.39 is 0 Å². The number of hydrogen-bond acceptors (Lipinski definition) is 2. The zero-order valence-corrected chi connectivity index (χ0v) is 7.34. The van der Waals surface area contributed by atoms with Crippen molar-refractivity contribution in [3.05, 3.63) is 0 Å². The molecule has 10 heavy (non-hydrogen) atoms. The molecule has 2 rings (SSSR count). The van der Waals surface area contributed by atoms with Crippen LogP contribution in [-0.4, -0.2) is 23.6 Å². The van der Waals surface area contributed by atoms with E-state index in [1.165, 1.54) is 31.4 Å². The van der Waals surface area contributed by atoms with Gasteiger partial charge in [0.1, 0.15) is 0 Å². The molecule has 1 N–H and O–H groups in total. The van der Waals surface area contributed by atoms with E-state index in [2.05, 4.69) is 24.1 Å². The Balaban J connectivity index is 1.77. The molecule has 0 amide bonds. The van der Waals surface area contributed by atoms with Gasteiger partial charge in [0.05, 0.1) is 0 Å². The van der Waals surface area contributed by atoms with Crippen molar-refractivity contribution in [1.29, 1.82) is 0 Å². The third-order valence-corrected chi connectivity index (χ3v) is 4.14. The first-order valence-electron chi connectivity index (χ1n) is 4.15. The highest BCUT2D eigenvalue weighted by Gasteiger charge is 2.43. The molecule has 0 radical (unpaired) electrons. The number of hydrogen-bond donors (Lipinski definition) is 1. The average molecular weight is 157 g/mol. The number of nitrogens with one attached hydrogen (secondary N) is 1. The Morgan fingerprint density at radius 3 is 2.60 bits per heavy atom. The summed E-state index contributed by atoms with van der Waals surface area (Å²) in [6, 6.07) is 0. The predicted molar refractivity (Wildman–Crippen MR) is 46.5 cm³/mol. The number of rotatable bonds is 3. The van der Waals surface area contributed by atoms with Crippen LogP contribution >= 0.6 is 11.8 Å². The van der Waals surface area contributed by atoms with Crippen molar-refractivity contribution < 1.29 is 0 Å². The second-order valence-corrected chi connectivity index (χ2v) is 4.92. The predicted octanol–water partition coefficient (Wildman–Crippen LogP) is 1.63. The lowest BCUT2D eigenvalue weighted by Gasteiger charge is -2.28. The molecule has 0 aromatic carbocycles. The minimum absolute atomic E-state index is 0.595. The van der Waals surface area contributed by atoms with E-state index in [4.69, 9.17) is 0 Å². The van der Waals surface area contributed by atoms with E-state index in [1.54, 1.807) is 0 Å². The van der Waals surface area contributed by atoms with Crippen LogP contribution in [0, 0.1) is 0 Å². The van der Waals surface area contributed by atoms with Crippen LogP contribution in [0.3, 0.4) is 0 Å². The average Bonchev–Trinajstić information content (AvgIpc) is 2.60. The summed E-state index contributed by atoms with van der Waals surface area (Å²) in [6.45, 7) is 0. The molecular formula is C8H15NS. The summed E-state index contributed by atoms with van der Waals surface area (Å²) < 4.78 is 0. The summed E-state index contributed by atoms with van der Waals surface area (Å²) in [6.07, 6.45) is 5.73. The maximum Gasteiger partial charge on any atom is 0.0190 e. The standard InChI is InChI=1S/C8H15NS/c1-9-8(3-4-8)6-7-2-5-10-7/h7,9H,2-6H2,1H3. The third kappa shape index (κ3) is 1.19. The van der Waals surface area contributed by atoms with Crippen molar-refractivity contribution >= 4 is 11.8 Å². The molecule has 1 aliphatic carbocycles. The van der Waals surface area contributed by atoms with Gasteiger partial charge in [-0.1, -0.05) is 0 Å². The minimum Gasteiger partial charge on any atom is -0.314 e. The van der Waals surface area contributed by atoms with Gasteiger partial charge in [-0.2, -0.15) is 11.8 Å². The second kappa shape index (κ2) is 2.42. The second-order valence-electron chi connectivity index (χ2n) is 3.52. The van der Waals surface area contributed by atoms with Gasteiger partial charge in [-0.25, -0.2) is 0 Å². The molecule has 0 aromatic heterocycles. The molecule has 2 heteroatoms. The molecule has 1 saturated heterocycles. The van der Waals surface area contributed by atoms with E-state index in [0.717, 1.165) is 5.25 Å². The maximum atomic E-state index is 3.44. The molecule has 0 bridgehead atoms. The Labute approximate surface area is 67.0 Å². The summed E-state index contributed by atoms with van der Waals surface area (Å²) in [5, 5.41) is 4.43. The Morgan fingerprint density at radius 2 is 2.30 bits per heavy atom. The van der Waals surface area contributed by atoms with Crippen LogP contribution in [0.1, 0.15) is 25.7 Å². The van der Waals surface area contributed by atoms with Crippen molar-refractivity contribution in [3.63, 3.8) is 0 Å². The fourth-order valence-corrected chi connectivity index (χ4v) is 2.59. The molecule has 0 spiro atoms. The first-order chi connectivity index (χ1) is 4.85. The number of thioether (sulfide) groups is 1. The van der Waals surface area contributed by atoms with Crippen LogP contribution in [0.15, 0.2) is 0 Å². The van der Waals surface area contributed by atoms with Crippen molar-refractivity contribution in [3.8, 4) is 0 Å². The van der Waals surface area contributed by atoms with Crippen LogP contribution in [0.25, 0.3) is 0 Å². The molecule has 1 nitrogen and oxygen atoms in total. The smallest absolute Gasteiger partial charge is 0.0190 e. The fourth-order valence-electron chi connectivity index (χ4n) is 1.59. The lowest BCUT2D eigenvalue weighted by Crippen LogP contribution is -2.33. The van der Waals surface area contributed by atoms with E-state index in [1.807, 2.05) is 0 Å². The third-order valence-electron chi connectivity index (χ3n) is 2.80. The van der Waals surface area contributed by atoms with Crippen molar-refractivity contribution in [2.24, 2.45) is 0 Å². The zero-order chi connectivity index (χ0) is 7.03. The van der Waals surface area contributed by atoms with Gasteiger partial charge in [0.25, 0.3) is 0 Å². The summed E-state index contributed by atoms with van der Waals surface area (Å²) in [7, 11) is 2.11. The van der Waals surface area contributed by atoms with Gasteiger partial charge in [0.15, 0.2) is 0 Å². The van der Waals surface area contributed by atoms with Gasteiger partial charge in [-0.15, -0.1) is 0 Å². The van der Waals surface area contributed by atoms with Gasteiger partial charge >= 0.3 is 0 Å². The van der Waals surface area contributed by atoms with Gasteiger partial charge < -0.3 is 5.32 Å². The van der Waals surface area contributed by atoms with Crippen LogP contribution in [-0.2, 0) is 0 Å². The normalized spacial score (nSPS) is 35.1. The van der Waals surface area contributed by atoms with E-state index in [0.29, 0.717) is 5.54 Å². The van der Waals surface area contributed by atoms with E-state index in [9.17, 15) is 0 Å². The molecule has 2 aliphatic rings. The highest BCUT2D eigenvalue weighted by molar-refractivity contribution is 8.01. The van der Waals surface area contributed by atoms with Crippen molar-refractivity contribution in [2.45, 2.75) is 36.5 Å².